The zero-order chi connectivity index (χ0) is 4.50. The third-order valence-corrected chi connectivity index (χ3v) is 0. The fraction of sp³-hybridized carbons (Fsp3) is 0. The Labute approximate surface area is 80.7 Å². The van der Waals surface area contributed by atoms with Crippen molar-refractivity contribution in [3.05, 3.63) is 0 Å². The summed E-state index contributed by atoms with van der Waals surface area (Å²) in [5.74, 6) is 0. The zero-order valence-corrected chi connectivity index (χ0v) is 8.25. The van der Waals surface area contributed by atoms with Crippen LogP contribution in [0.15, 0.2) is 0 Å². The molecule has 0 aliphatic heterocycles. The Bertz CT molecular complexity index is 98.9. The molecule has 0 spiro atoms. The molecule has 0 radical (unpaired) electrons. The van der Waals surface area contributed by atoms with Crippen molar-refractivity contribution in [2.24, 2.45) is 0 Å². The van der Waals surface area contributed by atoms with Crippen LogP contribution in [0, 0.1) is 0 Å². The van der Waals surface area contributed by atoms with E-state index in [0.717, 1.165) is 0 Å². The largest absolute Gasteiger partial charge is 1.00 e. The SMILES string of the molecule is O.O.O.O=S(O)(O)=S.[H-].[Na+]. The van der Waals surface area contributed by atoms with E-state index in [1.807, 2.05) is 0 Å². The summed E-state index contributed by atoms with van der Waals surface area (Å²) in [6.45, 7) is 0. The molecule has 0 atom stereocenters. The molecule has 0 rings (SSSR count). The van der Waals surface area contributed by atoms with Gasteiger partial charge in [-0.25, -0.2) is 0 Å². The summed E-state index contributed by atoms with van der Waals surface area (Å²) in [7, 11) is -3.83. The van der Waals surface area contributed by atoms with Gasteiger partial charge in [0.1, 0.15) is 0 Å². The molecule has 9 heteroatoms. The second-order valence-corrected chi connectivity index (χ2v) is 2.65. The van der Waals surface area contributed by atoms with Gasteiger partial charge in [0, 0.05) is 11.2 Å². The molecule has 0 aliphatic carbocycles. The van der Waals surface area contributed by atoms with Crippen LogP contribution in [-0.2, 0) is 20.2 Å². The Morgan fingerprint density at radius 3 is 1.22 bits per heavy atom. The van der Waals surface area contributed by atoms with Crippen LogP contribution in [0.2, 0.25) is 0 Å². The summed E-state index contributed by atoms with van der Waals surface area (Å²) in [6.07, 6.45) is 0. The van der Waals surface area contributed by atoms with E-state index in [1.54, 1.807) is 0 Å². The maximum Gasteiger partial charge on any atom is 1.00 e. The van der Waals surface area contributed by atoms with Crippen molar-refractivity contribution in [1.82, 2.24) is 0 Å². The molecule has 0 aromatic heterocycles. The van der Waals surface area contributed by atoms with Crippen LogP contribution in [0.1, 0.15) is 1.43 Å². The normalized spacial score (nSPS) is 6.44. The summed E-state index contributed by atoms with van der Waals surface area (Å²) < 4.78 is 24.0. The minimum absolute atomic E-state index is 0. The first kappa shape index (κ1) is 32.0. The molecule has 0 fully saturated rings. The van der Waals surface area contributed by atoms with Gasteiger partial charge in [0.25, 0.3) is 9.05 Å². The average Bonchev–Trinajstić information content (AvgIpc) is 0.722. The Hall–Kier alpha value is 1.17. The van der Waals surface area contributed by atoms with Crippen molar-refractivity contribution >= 4 is 20.2 Å². The summed E-state index contributed by atoms with van der Waals surface area (Å²) in [5, 5.41) is 0. The first-order chi connectivity index (χ1) is 2.00. The fourth-order valence-corrected chi connectivity index (χ4v) is 0. The number of hydrogen-bond acceptors (Lipinski definition) is 2. The first-order valence-corrected chi connectivity index (χ1v) is 3.10. The van der Waals surface area contributed by atoms with Gasteiger partial charge in [0.05, 0.1) is 0 Å². The zero-order valence-electron chi connectivity index (χ0n) is 5.62. The molecule has 0 amide bonds. The van der Waals surface area contributed by atoms with Crippen molar-refractivity contribution in [2.45, 2.75) is 0 Å². The van der Waals surface area contributed by atoms with Crippen molar-refractivity contribution in [2.75, 3.05) is 0 Å². The van der Waals surface area contributed by atoms with Crippen molar-refractivity contribution in [3.63, 3.8) is 0 Å². The molecule has 0 aromatic carbocycles. The van der Waals surface area contributed by atoms with Gasteiger partial charge in [-0.2, -0.15) is 4.21 Å². The van der Waals surface area contributed by atoms with Gasteiger partial charge in [-0.1, -0.05) is 0 Å². The Morgan fingerprint density at radius 1 is 1.22 bits per heavy atom. The standard InChI is InChI=1S/Na.H2O3S2.3H2O.H/c;1-5(2,3)4;;;;/h;(H2,1,2,3,4);3*1H2;/q+1;;;;;-1. The molecular weight excluding hydrogens is 183 g/mol. The summed E-state index contributed by atoms with van der Waals surface area (Å²) in [5.41, 5.74) is 0. The molecule has 6 nitrogen and oxygen atoms in total. The molecule has 0 aliphatic rings. The van der Waals surface area contributed by atoms with Crippen LogP contribution in [0.4, 0.5) is 0 Å². The van der Waals surface area contributed by atoms with Crippen molar-refractivity contribution in [3.8, 4) is 0 Å². The molecule has 0 aromatic rings. The van der Waals surface area contributed by atoms with Gasteiger partial charge in [0.15, 0.2) is 0 Å². The monoisotopic (exact) mass is 192 g/mol. The van der Waals surface area contributed by atoms with E-state index in [9.17, 15) is 0 Å². The van der Waals surface area contributed by atoms with Crippen LogP contribution < -0.4 is 29.6 Å². The maximum atomic E-state index is 9.11. The van der Waals surface area contributed by atoms with Crippen LogP contribution >= 0.6 is 0 Å². The minimum Gasteiger partial charge on any atom is -1.00 e. The fourth-order valence-electron chi connectivity index (χ4n) is 0. The molecule has 9 heavy (non-hydrogen) atoms. The predicted molar refractivity (Wildman–Crippen MR) is 32.7 cm³/mol. The number of hydrogen-bond donors (Lipinski definition) is 2. The average molecular weight is 192 g/mol. The topological polar surface area (TPSA) is 152 Å². The maximum absolute atomic E-state index is 9.11. The van der Waals surface area contributed by atoms with Gasteiger partial charge >= 0.3 is 29.6 Å². The summed E-state index contributed by atoms with van der Waals surface area (Å²) in [4.78, 5) is 0. The van der Waals surface area contributed by atoms with E-state index in [-0.39, 0.29) is 47.4 Å². The molecule has 0 saturated carbocycles. The third kappa shape index (κ3) is 344. The van der Waals surface area contributed by atoms with Gasteiger partial charge in [-0.15, -0.1) is 0 Å². The van der Waals surface area contributed by atoms with E-state index in [4.69, 9.17) is 13.3 Å². The summed E-state index contributed by atoms with van der Waals surface area (Å²) >= 11 is 3.47. The first-order valence-electron chi connectivity index (χ1n) is 0.698. The van der Waals surface area contributed by atoms with Gasteiger partial charge in [-0.05, 0) is 0 Å². The van der Waals surface area contributed by atoms with Crippen LogP contribution in [0.25, 0.3) is 0 Å². The molecule has 8 N–H and O–H groups in total. The van der Waals surface area contributed by atoms with E-state index in [2.05, 4.69) is 11.2 Å². The Morgan fingerprint density at radius 2 is 1.22 bits per heavy atom. The predicted octanol–water partition coefficient (Wildman–Crippen LogP) is -5.68. The van der Waals surface area contributed by atoms with Gasteiger partial charge in [0.2, 0.25) is 0 Å². The summed E-state index contributed by atoms with van der Waals surface area (Å²) in [6, 6.07) is 0. The van der Waals surface area contributed by atoms with E-state index >= 15 is 0 Å². The van der Waals surface area contributed by atoms with Gasteiger partial charge < -0.3 is 17.9 Å². The second-order valence-electron chi connectivity index (χ2n) is 0.448. The molecule has 58 valence electrons. The molecule has 0 heterocycles. The number of rotatable bonds is 0. The van der Waals surface area contributed by atoms with Gasteiger partial charge in [-0.3, -0.25) is 9.11 Å². The van der Waals surface area contributed by atoms with E-state index in [1.165, 1.54) is 0 Å². The molecule has 0 bridgehead atoms. The van der Waals surface area contributed by atoms with E-state index in [0.29, 0.717) is 0 Å². The quantitative estimate of drug-likeness (QED) is 0.367. The smallest absolute Gasteiger partial charge is 1.00 e. The van der Waals surface area contributed by atoms with Crippen LogP contribution in [0.5, 0.6) is 0 Å². The van der Waals surface area contributed by atoms with E-state index < -0.39 is 9.05 Å². The second kappa shape index (κ2) is 11.9. The Kier molecular flexibility index (Phi) is 42.3. The molecular formula is H9NaO6S2. The molecule has 0 saturated heterocycles. The third-order valence-electron chi connectivity index (χ3n) is 0. The minimum atomic E-state index is -3.83. The van der Waals surface area contributed by atoms with Crippen molar-refractivity contribution in [1.29, 1.82) is 0 Å². The van der Waals surface area contributed by atoms with Crippen LogP contribution in [-0.4, -0.2) is 29.7 Å². The van der Waals surface area contributed by atoms with Crippen molar-refractivity contribution < 1.29 is 60.7 Å². The van der Waals surface area contributed by atoms with Crippen LogP contribution in [0.3, 0.4) is 0 Å². The Balaban J connectivity index is -0.00000000800. The molecule has 0 unspecified atom stereocenters.